The van der Waals surface area contributed by atoms with Gasteiger partial charge in [-0.15, -0.1) is 0 Å². The van der Waals surface area contributed by atoms with Crippen LogP contribution < -0.4 is 14.8 Å². The van der Waals surface area contributed by atoms with Crippen LogP contribution in [0.2, 0.25) is 0 Å². The van der Waals surface area contributed by atoms with Crippen molar-refractivity contribution >= 4 is 16.8 Å². The summed E-state index contributed by atoms with van der Waals surface area (Å²) < 4.78 is 11.2. The van der Waals surface area contributed by atoms with Crippen LogP contribution in [0, 0.1) is 0 Å². The highest BCUT2D eigenvalue weighted by atomic mass is 16.7. The van der Waals surface area contributed by atoms with Gasteiger partial charge in [0.05, 0.1) is 6.04 Å². The van der Waals surface area contributed by atoms with E-state index >= 15 is 0 Å². The molecule has 0 saturated heterocycles. The van der Waals surface area contributed by atoms with Crippen LogP contribution >= 0.6 is 0 Å². The summed E-state index contributed by atoms with van der Waals surface area (Å²) in [7, 11) is 0. The van der Waals surface area contributed by atoms with Crippen molar-refractivity contribution in [1.82, 2.24) is 10.3 Å². The zero-order chi connectivity index (χ0) is 25.0. The van der Waals surface area contributed by atoms with Crippen molar-refractivity contribution in [2.24, 2.45) is 0 Å². The van der Waals surface area contributed by atoms with Crippen LogP contribution in [-0.4, -0.2) is 17.7 Å². The summed E-state index contributed by atoms with van der Waals surface area (Å²) in [5.41, 5.74) is 5.43. The molecule has 5 aromatic rings. The first-order chi connectivity index (χ1) is 18.2. The second-order valence-electron chi connectivity index (χ2n) is 9.38. The molecule has 0 aliphatic carbocycles. The topological polar surface area (TPSA) is 63.4 Å². The summed E-state index contributed by atoms with van der Waals surface area (Å²) in [6, 6.07) is 34.5. The Morgan fingerprint density at radius 2 is 1.54 bits per heavy atom. The molecule has 0 saturated carbocycles. The molecule has 0 fully saturated rings. The molecule has 0 radical (unpaired) electrons. The highest BCUT2D eigenvalue weighted by Gasteiger charge is 2.25. The summed E-state index contributed by atoms with van der Waals surface area (Å²) >= 11 is 0. The van der Waals surface area contributed by atoms with Gasteiger partial charge in [0, 0.05) is 29.4 Å². The number of carbonyl (C=O) groups excluding carboxylic acids is 1. The van der Waals surface area contributed by atoms with Crippen molar-refractivity contribution in [2.75, 3.05) is 6.79 Å². The fourth-order valence-corrected chi connectivity index (χ4v) is 5.15. The summed E-state index contributed by atoms with van der Waals surface area (Å²) in [5.74, 6) is 1.29. The van der Waals surface area contributed by atoms with E-state index in [9.17, 15) is 4.79 Å². The van der Waals surface area contributed by atoms with E-state index in [1.54, 1.807) is 0 Å². The van der Waals surface area contributed by atoms with Gasteiger partial charge in [0.2, 0.25) is 12.7 Å². The largest absolute Gasteiger partial charge is 0.454 e. The van der Waals surface area contributed by atoms with Crippen molar-refractivity contribution in [2.45, 2.75) is 24.8 Å². The van der Waals surface area contributed by atoms with Gasteiger partial charge in [-0.3, -0.25) is 4.79 Å². The molecule has 2 unspecified atom stereocenters. The lowest BCUT2D eigenvalue weighted by atomic mass is 9.87. The van der Waals surface area contributed by atoms with E-state index in [2.05, 4.69) is 46.7 Å². The first kappa shape index (κ1) is 22.9. The molecule has 5 nitrogen and oxygen atoms in total. The second kappa shape index (κ2) is 10.2. The molecule has 0 spiro atoms. The number of hydrogen-bond acceptors (Lipinski definition) is 3. The summed E-state index contributed by atoms with van der Waals surface area (Å²) in [6.45, 7) is 0.218. The Bertz CT molecular complexity index is 1510. The number of benzene rings is 4. The number of ether oxygens (including phenoxy) is 2. The number of aromatic nitrogens is 1. The number of aromatic amines is 1. The Kier molecular flexibility index (Phi) is 6.34. The summed E-state index contributed by atoms with van der Waals surface area (Å²) in [6.07, 6.45) is 3.05. The standard InChI is InChI=1S/C32H28N2O3/c35-32(34-29(23-11-5-2-6-12-23)17-22-9-3-1-4-10-22)19-26(24-15-16-30-31(18-24)37-21-36-30)27-20-33-28-14-8-7-13-25(27)28/h1-16,18,20,26,29,33H,17,19,21H2,(H,34,35). The molecule has 4 aromatic carbocycles. The molecule has 2 heterocycles. The Hall–Kier alpha value is -4.51. The average Bonchev–Trinajstić information content (AvgIpc) is 3.59. The number of amides is 1. The first-order valence-electron chi connectivity index (χ1n) is 12.6. The van der Waals surface area contributed by atoms with Crippen LogP contribution in [0.3, 0.4) is 0 Å². The third kappa shape index (κ3) is 4.94. The van der Waals surface area contributed by atoms with Crippen molar-refractivity contribution < 1.29 is 14.3 Å². The van der Waals surface area contributed by atoms with Gasteiger partial charge in [0.15, 0.2) is 11.5 Å². The van der Waals surface area contributed by atoms with E-state index in [1.807, 2.05) is 72.9 Å². The van der Waals surface area contributed by atoms with E-state index in [4.69, 9.17) is 9.47 Å². The number of para-hydroxylation sites is 1. The predicted molar refractivity (Wildman–Crippen MR) is 145 cm³/mol. The highest BCUT2D eigenvalue weighted by Crippen LogP contribution is 2.39. The van der Waals surface area contributed by atoms with Crippen molar-refractivity contribution in [1.29, 1.82) is 0 Å². The number of carbonyl (C=O) groups is 1. The van der Waals surface area contributed by atoms with Gasteiger partial charge in [0.25, 0.3) is 0 Å². The lowest BCUT2D eigenvalue weighted by Crippen LogP contribution is -2.31. The molecule has 1 aliphatic heterocycles. The molecular weight excluding hydrogens is 460 g/mol. The molecule has 1 aliphatic rings. The van der Waals surface area contributed by atoms with Crippen molar-refractivity contribution in [3.8, 4) is 11.5 Å². The summed E-state index contributed by atoms with van der Waals surface area (Å²) in [4.78, 5) is 17.1. The predicted octanol–water partition coefficient (Wildman–Crippen LogP) is 6.52. The minimum Gasteiger partial charge on any atom is -0.454 e. The summed E-state index contributed by atoms with van der Waals surface area (Å²) in [5, 5.41) is 4.45. The number of fused-ring (bicyclic) bond motifs is 2. The van der Waals surface area contributed by atoms with E-state index in [1.165, 1.54) is 5.56 Å². The fraction of sp³-hybridized carbons (Fsp3) is 0.156. The smallest absolute Gasteiger partial charge is 0.231 e. The third-order valence-electron chi connectivity index (χ3n) is 7.00. The van der Waals surface area contributed by atoms with Gasteiger partial charge in [-0.25, -0.2) is 0 Å². The van der Waals surface area contributed by atoms with E-state index in [0.717, 1.165) is 39.8 Å². The van der Waals surface area contributed by atoms with Crippen LogP contribution in [0.1, 0.15) is 40.6 Å². The van der Waals surface area contributed by atoms with Crippen LogP contribution in [0.4, 0.5) is 0 Å². The van der Waals surface area contributed by atoms with E-state index < -0.39 is 0 Å². The van der Waals surface area contributed by atoms with Gasteiger partial charge in [-0.2, -0.15) is 0 Å². The molecule has 1 amide bonds. The zero-order valence-electron chi connectivity index (χ0n) is 20.4. The van der Waals surface area contributed by atoms with E-state index in [-0.39, 0.29) is 24.7 Å². The van der Waals surface area contributed by atoms with Crippen LogP contribution in [0.25, 0.3) is 10.9 Å². The number of hydrogen-bond donors (Lipinski definition) is 2. The molecule has 6 rings (SSSR count). The molecule has 1 aromatic heterocycles. The van der Waals surface area contributed by atoms with Crippen LogP contribution in [0.5, 0.6) is 11.5 Å². The van der Waals surface area contributed by atoms with Gasteiger partial charge < -0.3 is 19.8 Å². The normalized spacial score (nSPS) is 13.8. The maximum absolute atomic E-state index is 13.7. The third-order valence-corrected chi connectivity index (χ3v) is 7.00. The monoisotopic (exact) mass is 488 g/mol. The second-order valence-corrected chi connectivity index (χ2v) is 9.38. The molecule has 184 valence electrons. The molecule has 0 bridgehead atoms. The highest BCUT2D eigenvalue weighted by molar-refractivity contribution is 5.86. The van der Waals surface area contributed by atoms with Gasteiger partial charge >= 0.3 is 0 Å². The fourth-order valence-electron chi connectivity index (χ4n) is 5.15. The lowest BCUT2D eigenvalue weighted by Gasteiger charge is -2.22. The maximum atomic E-state index is 13.7. The average molecular weight is 489 g/mol. The van der Waals surface area contributed by atoms with Crippen molar-refractivity contribution in [3.63, 3.8) is 0 Å². The molecule has 2 N–H and O–H groups in total. The van der Waals surface area contributed by atoms with E-state index in [0.29, 0.717) is 12.2 Å². The zero-order valence-corrected chi connectivity index (χ0v) is 20.4. The van der Waals surface area contributed by atoms with Crippen LogP contribution in [0.15, 0.2) is 109 Å². The number of H-pyrrole nitrogens is 1. The van der Waals surface area contributed by atoms with Crippen LogP contribution in [-0.2, 0) is 11.2 Å². The lowest BCUT2D eigenvalue weighted by molar-refractivity contribution is -0.122. The minimum atomic E-state index is -0.154. The Balaban J connectivity index is 1.31. The molecular formula is C32H28N2O3. The Morgan fingerprint density at radius 3 is 2.38 bits per heavy atom. The molecule has 37 heavy (non-hydrogen) atoms. The van der Waals surface area contributed by atoms with Gasteiger partial charge in [-0.05, 0) is 46.9 Å². The SMILES string of the molecule is O=C(CC(c1ccc2c(c1)OCO2)c1c[nH]c2ccccc12)NC(Cc1ccccc1)c1ccccc1. The molecule has 2 atom stereocenters. The van der Waals surface area contributed by atoms with Crippen molar-refractivity contribution in [3.05, 3.63) is 132 Å². The first-order valence-corrected chi connectivity index (χ1v) is 12.6. The maximum Gasteiger partial charge on any atom is 0.231 e. The number of nitrogens with one attached hydrogen (secondary N) is 2. The Labute approximate surface area is 216 Å². The minimum absolute atomic E-state index is 0.00210. The van der Waals surface area contributed by atoms with Gasteiger partial charge in [-0.1, -0.05) is 84.9 Å². The number of rotatable bonds is 8. The Morgan fingerprint density at radius 1 is 0.811 bits per heavy atom. The molecule has 5 heteroatoms. The van der Waals surface area contributed by atoms with Gasteiger partial charge in [0.1, 0.15) is 0 Å². The quantitative estimate of drug-likeness (QED) is 0.261.